The summed E-state index contributed by atoms with van der Waals surface area (Å²) in [6.45, 7) is 5.65. The van der Waals surface area contributed by atoms with Crippen LogP contribution in [0, 0.1) is 13.8 Å². The topological polar surface area (TPSA) is 106 Å². The van der Waals surface area contributed by atoms with Crippen LogP contribution in [-0.2, 0) is 14.8 Å². The van der Waals surface area contributed by atoms with Gasteiger partial charge < -0.3 is 14.3 Å². The van der Waals surface area contributed by atoms with Crippen LogP contribution in [0.5, 0.6) is 0 Å². The second kappa shape index (κ2) is 5.55. The van der Waals surface area contributed by atoms with E-state index in [1.165, 1.54) is 27.7 Å². The first-order valence-electron chi connectivity index (χ1n) is 5.90. The van der Waals surface area contributed by atoms with Gasteiger partial charge in [0.15, 0.2) is 0 Å². The number of nitrogens with one attached hydrogen (secondary N) is 1. The number of furan rings is 1. The molecule has 8 heteroatoms. The Balaban J connectivity index is 3.28. The van der Waals surface area contributed by atoms with Crippen molar-refractivity contribution in [2.75, 3.05) is 13.7 Å². The maximum absolute atomic E-state index is 12.3. The molecule has 0 aliphatic heterocycles. The third-order valence-electron chi connectivity index (χ3n) is 2.56. The van der Waals surface area contributed by atoms with E-state index in [0.29, 0.717) is 0 Å². The van der Waals surface area contributed by atoms with Gasteiger partial charge in [-0.1, -0.05) is 0 Å². The molecule has 0 aromatic carbocycles. The van der Waals surface area contributed by atoms with Gasteiger partial charge in [0.25, 0.3) is 0 Å². The van der Waals surface area contributed by atoms with Crippen molar-refractivity contribution in [1.82, 2.24) is 4.72 Å². The van der Waals surface area contributed by atoms with E-state index in [-0.39, 0.29) is 28.5 Å². The molecular weight excluding hydrogens is 286 g/mol. The van der Waals surface area contributed by atoms with E-state index < -0.39 is 21.6 Å². The average Bonchev–Trinajstić information content (AvgIpc) is 2.60. The first-order chi connectivity index (χ1) is 8.99. The molecule has 20 heavy (non-hydrogen) atoms. The molecule has 0 atom stereocenters. The Morgan fingerprint density at radius 1 is 1.35 bits per heavy atom. The van der Waals surface area contributed by atoms with E-state index in [0.717, 1.165) is 7.11 Å². The molecule has 0 aliphatic rings. The fourth-order valence-electron chi connectivity index (χ4n) is 1.67. The third kappa shape index (κ3) is 3.59. The predicted molar refractivity (Wildman–Crippen MR) is 71.0 cm³/mol. The zero-order valence-corrected chi connectivity index (χ0v) is 12.9. The van der Waals surface area contributed by atoms with Crippen molar-refractivity contribution in [3.63, 3.8) is 0 Å². The zero-order valence-electron chi connectivity index (χ0n) is 12.1. The molecule has 1 heterocycles. The molecule has 1 aromatic rings. The minimum Gasteiger partial charge on any atom is -0.465 e. The maximum atomic E-state index is 12.3. The lowest BCUT2D eigenvalue weighted by atomic mass is 10.1. The lowest BCUT2D eigenvalue weighted by molar-refractivity contribution is 0.0595. The Hall–Kier alpha value is -1.38. The van der Waals surface area contributed by atoms with Crippen LogP contribution >= 0.6 is 0 Å². The number of aliphatic hydroxyl groups is 1. The van der Waals surface area contributed by atoms with Gasteiger partial charge in [-0.2, -0.15) is 0 Å². The molecule has 0 amide bonds. The minimum atomic E-state index is -3.99. The number of ether oxygens (including phenoxy) is 1. The molecule has 0 unspecified atom stereocenters. The van der Waals surface area contributed by atoms with Crippen LogP contribution in [0.1, 0.15) is 35.7 Å². The molecular formula is C12H19NO6S. The smallest absolute Gasteiger partial charge is 0.342 e. The van der Waals surface area contributed by atoms with Gasteiger partial charge in [0.2, 0.25) is 10.0 Å². The first-order valence-corrected chi connectivity index (χ1v) is 7.38. The summed E-state index contributed by atoms with van der Waals surface area (Å²) in [5.74, 6) is -0.535. The highest BCUT2D eigenvalue weighted by Crippen LogP contribution is 2.27. The lowest BCUT2D eigenvalue weighted by Gasteiger charge is -2.17. The van der Waals surface area contributed by atoms with E-state index in [1.807, 2.05) is 0 Å². The molecule has 114 valence electrons. The summed E-state index contributed by atoms with van der Waals surface area (Å²) in [6.07, 6.45) is 0. The lowest BCUT2D eigenvalue weighted by Crippen LogP contribution is -2.38. The van der Waals surface area contributed by atoms with Crippen LogP contribution in [0.4, 0.5) is 0 Å². The van der Waals surface area contributed by atoms with Crippen molar-refractivity contribution in [3.05, 3.63) is 17.1 Å². The SMILES string of the molecule is COC(=O)c1c(C)oc(C)c1S(=O)(=O)NCC(C)(C)O. The number of esters is 1. The molecule has 0 saturated carbocycles. The molecule has 0 bridgehead atoms. The van der Waals surface area contributed by atoms with Crippen LogP contribution < -0.4 is 4.72 Å². The summed E-state index contributed by atoms with van der Waals surface area (Å²) in [5, 5.41) is 9.59. The first kappa shape index (κ1) is 16.7. The van der Waals surface area contributed by atoms with Crippen molar-refractivity contribution in [1.29, 1.82) is 0 Å². The monoisotopic (exact) mass is 305 g/mol. The van der Waals surface area contributed by atoms with Crippen molar-refractivity contribution in [2.24, 2.45) is 0 Å². The highest BCUT2D eigenvalue weighted by Gasteiger charge is 2.32. The van der Waals surface area contributed by atoms with Crippen molar-refractivity contribution >= 4 is 16.0 Å². The molecule has 1 rings (SSSR count). The quantitative estimate of drug-likeness (QED) is 0.777. The third-order valence-corrected chi connectivity index (χ3v) is 4.11. The second-order valence-electron chi connectivity index (χ2n) is 5.05. The summed E-state index contributed by atoms with van der Waals surface area (Å²) >= 11 is 0. The molecule has 0 saturated heterocycles. The summed E-state index contributed by atoms with van der Waals surface area (Å²) in [4.78, 5) is 11.4. The molecule has 7 nitrogen and oxygen atoms in total. The summed E-state index contributed by atoms with van der Waals surface area (Å²) in [7, 11) is -2.84. The molecule has 0 spiro atoms. The van der Waals surface area contributed by atoms with Crippen molar-refractivity contribution in [2.45, 2.75) is 38.2 Å². The summed E-state index contributed by atoms with van der Waals surface area (Å²) in [6, 6.07) is 0. The van der Waals surface area contributed by atoms with Gasteiger partial charge in [0, 0.05) is 6.54 Å². The van der Waals surface area contributed by atoms with Gasteiger partial charge in [-0.15, -0.1) is 0 Å². The standard InChI is InChI=1S/C12H19NO6S/c1-7-9(11(14)18-5)10(8(2)19-7)20(16,17)13-6-12(3,4)15/h13,15H,6H2,1-5H3. The van der Waals surface area contributed by atoms with E-state index in [2.05, 4.69) is 9.46 Å². The maximum Gasteiger partial charge on any atom is 0.342 e. The fourth-order valence-corrected chi connectivity index (χ4v) is 3.27. The number of carbonyl (C=O) groups is 1. The number of rotatable bonds is 5. The van der Waals surface area contributed by atoms with Gasteiger partial charge in [-0.25, -0.2) is 17.9 Å². The number of hydrogen-bond acceptors (Lipinski definition) is 6. The van der Waals surface area contributed by atoms with E-state index in [9.17, 15) is 18.3 Å². The van der Waals surface area contributed by atoms with Gasteiger partial charge in [-0.05, 0) is 27.7 Å². The molecule has 1 aromatic heterocycles. The Kier molecular flexibility index (Phi) is 4.62. The van der Waals surface area contributed by atoms with E-state index in [1.54, 1.807) is 0 Å². The van der Waals surface area contributed by atoms with Crippen molar-refractivity contribution in [3.8, 4) is 0 Å². The van der Waals surface area contributed by atoms with Crippen LogP contribution in [-0.4, -0.2) is 38.7 Å². The summed E-state index contributed by atoms with van der Waals surface area (Å²) in [5.41, 5.74) is -1.35. The molecule has 0 aliphatic carbocycles. The number of aryl methyl sites for hydroxylation is 2. The second-order valence-corrected chi connectivity index (χ2v) is 6.75. The minimum absolute atomic E-state index is 0.0890. The Bertz CT molecular complexity index is 609. The number of methoxy groups -OCH3 is 1. The molecule has 0 radical (unpaired) electrons. The number of hydrogen-bond donors (Lipinski definition) is 2. The van der Waals surface area contributed by atoms with E-state index in [4.69, 9.17) is 4.42 Å². The summed E-state index contributed by atoms with van der Waals surface area (Å²) < 4.78 is 36.5. The fraction of sp³-hybridized carbons (Fsp3) is 0.583. The van der Waals surface area contributed by atoms with E-state index >= 15 is 0 Å². The van der Waals surface area contributed by atoms with Crippen LogP contribution in [0.3, 0.4) is 0 Å². The van der Waals surface area contributed by atoms with Crippen LogP contribution in [0.15, 0.2) is 9.31 Å². The number of sulfonamides is 1. The highest BCUT2D eigenvalue weighted by molar-refractivity contribution is 7.89. The predicted octanol–water partition coefficient (Wildman–Crippen LogP) is 0.732. The molecule has 0 fully saturated rings. The normalized spacial score (nSPS) is 12.5. The van der Waals surface area contributed by atoms with Crippen molar-refractivity contribution < 1.29 is 27.5 Å². The number of carbonyl (C=O) groups excluding carboxylic acids is 1. The molecule has 2 N–H and O–H groups in total. The van der Waals surface area contributed by atoms with Gasteiger partial charge in [-0.3, -0.25) is 0 Å². The zero-order chi connectivity index (χ0) is 15.7. The average molecular weight is 305 g/mol. The van der Waals surface area contributed by atoms with Gasteiger partial charge in [0.05, 0.1) is 12.7 Å². The Morgan fingerprint density at radius 3 is 2.35 bits per heavy atom. The van der Waals surface area contributed by atoms with Crippen LogP contribution in [0.2, 0.25) is 0 Å². The van der Waals surface area contributed by atoms with Gasteiger partial charge >= 0.3 is 5.97 Å². The van der Waals surface area contributed by atoms with Gasteiger partial charge in [0.1, 0.15) is 22.0 Å². The largest absolute Gasteiger partial charge is 0.465 e. The Labute approximate surface area is 118 Å². The van der Waals surface area contributed by atoms with Crippen LogP contribution in [0.25, 0.3) is 0 Å². The highest BCUT2D eigenvalue weighted by atomic mass is 32.2. The Morgan fingerprint density at radius 2 is 1.90 bits per heavy atom.